The molecule has 0 aromatic carbocycles. The van der Waals surface area contributed by atoms with Crippen LogP contribution in [0.5, 0.6) is 0 Å². The second-order valence-electron chi connectivity index (χ2n) is 3.25. The van der Waals surface area contributed by atoms with Crippen molar-refractivity contribution < 1.29 is 18.3 Å². The van der Waals surface area contributed by atoms with E-state index in [4.69, 9.17) is 0 Å². The average molecular weight is 220 g/mol. The van der Waals surface area contributed by atoms with Crippen molar-refractivity contribution in [1.82, 2.24) is 9.97 Å². The van der Waals surface area contributed by atoms with Gasteiger partial charge in [0.1, 0.15) is 0 Å². The largest absolute Gasteiger partial charge is 0.389 e. The van der Waals surface area contributed by atoms with Crippen LogP contribution >= 0.6 is 0 Å². The normalized spacial score (nSPS) is 13.9. The van der Waals surface area contributed by atoms with Crippen molar-refractivity contribution in [3.05, 3.63) is 23.8 Å². The quantitative estimate of drug-likeness (QED) is 0.849. The number of aryl methyl sites for hydroxylation is 1. The molecule has 0 radical (unpaired) electrons. The number of nitrogens with zero attached hydrogens (tertiary/aromatic N) is 2. The molecule has 0 amide bonds. The maximum Gasteiger partial charge on any atom is 0.389 e. The summed E-state index contributed by atoms with van der Waals surface area (Å²) in [6.45, 7) is 1.71. The Labute approximate surface area is 85.0 Å². The fraction of sp³-hybridized carbons (Fsp3) is 0.556. The van der Waals surface area contributed by atoms with E-state index in [2.05, 4.69) is 9.97 Å². The molecule has 0 bridgehead atoms. The van der Waals surface area contributed by atoms with Gasteiger partial charge in [0.2, 0.25) is 0 Å². The maximum absolute atomic E-state index is 11.8. The van der Waals surface area contributed by atoms with Crippen molar-refractivity contribution >= 4 is 0 Å². The minimum absolute atomic E-state index is 0.171. The summed E-state index contributed by atoms with van der Waals surface area (Å²) in [6, 6.07) is 0. The molecule has 3 nitrogen and oxygen atoms in total. The molecule has 1 unspecified atom stereocenters. The van der Waals surface area contributed by atoms with Gasteiger partial charge in [-0.25, -0.2) is 0 Å². The van der Waals surface area contributed by atoms with E-state index < -0.39 is 18.7 Å². The summed E-state index contributed by atoms with van der Waals surface area (Å²) in [5.41, 5.74) is 0.826. The Bertz CT molecular complexity index is 310. The Hall–Kier alpha value is -1.17. The van der Waals surface area contributed by atoms with Crippen molar-refractivity contribution in [2.24, 2.45) is 0 Å². The first-order chi connectivity index (χ1) is 6.88. The van der Waals surface area contributed by atoms with Gasteiger partial charge in [-0.3, -0.25) is 9.97 Å². The van der Waals surface area contributed by atoms with Crippen LogP contribution in [0.3, 0.4) is 0 Å². The van der Waals surface area contributed by atoms with Crippen molar-refractivity contribution in [2.45, 2.75) is 32.0 Å². The maximum atomic E-state index is 11.8. The minimum atomic E-state index is -4.25. The molecule has 0 saturated carbocycles. The molecular formula is C9H11F3N2O. The van der Waals surface area contributed by atoms with E-state index in [1.165, 1.54) is 12.4 Å². The summed E-state index contributed by atoms with van der Waals surface area (Å²) in [7, 11) is 0. The van der Waals surface area contributed by atoms with E-state index in [-0.39, 0.29) is 12.1 Å². The first-order valence-electron chi connectivity index (χ1n) is 4.42. The summed E-state index contributed by atoms with van der Waals surface area (Å²) in [5.74, 6) is 0. The number of halogens is 3. The van der Waals surface area contributed by atoms with E-state index in [1.54, 1.807) is 6.92 Å². The first-order valence-corrected chi connectivity index (χ1v) is 4.42. The standard InChI is InChI=1S/C9H11F3N2O/c1-6-4-14-7(5-13-6)8(15)2-3-9(10,11)12/h4-5,8,15H,2-3H2,1H3. The molecule has 0 spiro atoms. The van der Waals surface area contributed by atoms with E-state index in [9.17, 15) is 18.3 Å². The zero-order chi connectivity index (χ0) is 11.5. The third-order valence-corrected chi connectivity index (χ3v) is 1.84. The summed E-state index contributed by atoms with van der Waals surface area (Å²) in [5, 5.41) is 9.37. The Morgan fingerprint density at radius 1 is 1.33 bits per heavy atom. The Morgan fingerprint density at radius 3 is 2.47 bits per heavy atom. The van der Waals surface area contributed by atoms with Gasteiger partial charge < -0.3 is 5.11 Å². The smallest absolute Gasteiger partial charge is 0.387 e. The highest BCUT2D eigenvalue weighted by Gasteiger charge is 2.28. The van der Waals surface area contributed by atoms with Gasteiger partial charge in [0.25, 0.3) is 0 Å². The number of aliphatic hydroxyl groups excluding tert-OH is 1. The fourth-order valence-corrected chi connectivity index (χ4v) is 1.02. The lowest BCUT2D eigenvalue weighted by Gasteiger charge is -2.11. The zero-order valence-electron chi connectivity index (χ0n) is 8.12. The third-order valence-electron chi connectivity index (χ3n) is 1.84. The highest BCUT2D eigenvalue weighted by atomic mass is 19.4. The minimum Gasteiger partial charge on any atom is -0.387 e. The average Bonchev–Trinajstić information content (AvgIpc) is 2.14. The van der Waals surface area contributed by atoms with Crippen LogP contribution in [0.1, 0.15) is 30.3 Å². The van der Waals surface area contributed by atoms with E-state index in [0.717, 1.165) is 0 Å². The predicted molar refractivity (Wildman–Crippen MR) is 47.0 cm³/mol. The van der Waals surface area contributed by atoms with Crippen LogP contribution in [0.2, 0.25) is 0 Å². The number of aliphatic hydroxyl groups is 1. The van der Waals surface area contributed by atoms with Gasteiger partial charge in [-0.05, 0) is 13.3 Å². The van der Waals surface area contributed by atoms with Crippen LogP contribution in [-0.4, -0.2) is 21.3 Å². The van der Waals surface area contributed by atoms with E-state index in [0.29, 0.717) is 5.69 Å². The second-order valence-corrected chi connectivity index (χ2v) is 3.25. The fourth-order valence-electron chi connectivity index (χ4n) is 1.02. The SMILES string of the molecule is Cc1cnc(C(O)CCC(F)(F)F)cn1. The van der Waals surface area contributed by atoms with Crippen LogP contribution in [0, 0.1) is 6.92 Å². The number of hydrogen-bond donors (Lipinski definition) is 1. The number of aromatic nitrogens is 2. The van der Waals surface area contributed by atoms with Crippen LogP contribution in [0.4, 0.5) is 13.2 Å². The molecule has 15 heavy (non-hydrogen) atoms. The Kier molecular flexibility index (Phi) is 3.62. The van der Waals surface area contributed by atoms with Gasteiger partial charge in [-0.2, -0.15) is 13.2 Å². The van der Waals surface area contributed by atoms with Crippen molar-refractivity contribution in [3.63, 3.8) is 0 Å². The van der Waals surface area contributed by atoms with Crippen LogP contribution in [0.15, 0.2) is 12.4 Å². The number of alkyl halides is 3. The summed E-state index contributed by atoms with van der Waals surface area (Å²) in [6.07, 6.45) is -4.17. The van der Waals surface area contributed by atoms with E-state index >= 15 is 0 Å². The molecule has 0 aliphatic carbocycles. The molecule has 0 saturated heterocycles. The molecule has 1 atom stereocenters. The van der Waals surface area contributed by atoms with Gasteiger partial charge in [0.15, 0.2) is 0 Å². The molecule has 1 aromatic rings. The lowest BCUT2D eigenvalue weighted by atomic mass is 10.1. The van der Waals surface area contributed by atoms with Crippen molar-refractivity contribution in [2.75, 3.05) is 0 Å². The first kappa shape index (κ1) is 11.9. The zero-order valence-corrected chi connectivity index (χ0v) is 8.12. The van der Waals surface area contributed by atoms with Crippen LogP contribution < -0.4 is 0 Å². The second kappa shape index (κ2) is 4.57. The molecule has 6 heteroatoms. The highest BCUT2D eigenvalue weighted by molar-refractivity contribution is 5.03. The number of hydrogen-bond acceptors (Lipinski definition) is 3. The molecule has 1 heterocycles. The molecule has 0 fully saturated rings. The van der Waals surface area contributed by atoms with Crippen molar-refractivity contribution in [1.29, 1.82) is 0 Å². The monoisotopic (exact) mass is 220 g/mol. The molecule has 1 aromatic heterocycles. The Balaban J connectivity index is 2.54. The van der Waals surface area contributed by atoms with Gasteiger partial charge in [0.05, 0.1) is 23.7 Å². The van der Waals surface area contributed by atoms with E-state index in [1.807, 2.05) is 0 Å². The van der Waals surface area contributed by atoms with Gasteiger partial charge in [-0.1, -0.05) is 0 Å². The van der Waals surface area contributed by atoms with Gasteiger partial charge in [0, 0.05) is 12.6 Å². The summed E-state index contributed by atoms with van der Waals surface area (Å²) < 4.78 is 35.5. The molecule has 1 N–H and O–H groups in total. The molecule has 0 aliphatic rings. The predicted octanol–water partition coefficient (Wildman–Crippen LogP) is 2.16. The summed E-state index contributed by atoms with van der Waals surface area (Å²) in [4.78, 5) is 7.64. The highest BCUT2D eigenvalue weighted by Crippen LogP contribution is 2.26. The van der Waals surface area contributed by atoms with Gasteiger partial charge >= 0.3 is 6.18 Å². The molecule has 1 rings (SSSR count). The molecule has 0 aliphatic heterocycles. The third kappa shape index (κ3) is 4.24. The van der Waals surface area contributed by atoms with Crippen molar-refractivity contribution in [3.8, 4) is 0 Å². The Morgan fingerprint density at radius 2 is 2.00 bits per heavy atom. The molecule has 84 valence electrons. The molecular weight excluding hydrogens is 209 g/mol. The summed E-state index contributed by atoms with van der Waals surface area (Å²) >= 11 is 0. The topological polar surface area (TPSA) is 46.0 Å². The number of rotatable bonds is 3. The van der Waals surface area contributed by atoms with Crippen LogP contribution in [0.25, 0.3) is 0 Å². The lowest BCUT2D eigenvalue weighted by Crippen LogP contribution is -2.11. The van der Waals surface area contributed by atoms with Crippen LogP contribution in [-0.2, 0) is 0 Å². The lowest BCUT2D eigenvalue weighted by molar-refractivity contribution is -0.140. The van der Waals surface area contributed by atoms with Gasteiger partial charge in [-0.15, -0.1) is 0 Å².